The van der Waals surface area contributed by atoms with Crippen LogP contribution in [0.15, 0.2) is 0 Å². The zero-order valence-electron chi connectivity index (χ0n) is 8.69. The van der Waals surface area contributed by atoms with Crippen LogP contribution in [-0.4, -0.2) is 34.5 Å². The molecule has 1 saturated heterocycles. The van der Waals surface area contributed by atoms with Crippen molar-refractivity contribution in [1.29, 1.82) is 0 Å². The van der Waals surface area contributed by atoms with E-state index in [0.29, 0.717) is 6.54 Å². The van der Waals surface area contributed by atoms with E-state index in [2.05, 4.69) is 0 Å². The van der Waals surface area contributed by atoms with Crippen LogP contribution in [0.1, 0.15) is 33.1 Å². The monoisotopic (exact) mass is 199 g/mol. The number of aliphatic carboxylic acids is 1. The number of hydrogen-bond acceptors (Lipinski definition) is 2. The average Bonchev–Trinajstić information content (AvgIpc) is 2.44. The predicted octanol–water partition coefficient (Wildman–Crippen LogP) is 1.11. The van der Waals surface area contributed by atoms with Crippen molar-refractivity contribution in [1.82, 2.24) is 4.90 Å². The number of likely N-dealkylation sites (tertiary alicyclic amines) is 1. The molecule has 80 valence electrons. The summed E-state index contributed by atoms with van der Waals surface area (Å²) in [6, 6.07) is -0.0973. The van der Waals surface area contributed by atoms with Crippen molar-refractivity contribution in [2.24, 2.45) is 5.92 Å². The second-order valence-electron chi connectivity index (χ2n) is 3.71. The largest absolute Gasteiger partial charge is 0.481 e. The lowest BCUT2D eigenvalue weighted by Gasteiger charge is -2.25. The van der Waals surface area contributed by atoms with Crippen molar-refractivity contribution in [3.63, 3.8) is 0 Å². The maximum Gasteiger partial charge on any atom is 0.309 e. The van der Waals surface area contributed by atoms with Gasteiger partial charge in [-0.15, -0.1) is 0 Å². The van der Waals surface area contributed by atoms with Crippen molar-refractivity contribution in [2.45, 2.75) is 39.2 Å². The highest BCUT2D eigenvalue weighted by molar-refractivity contribution is 5.86. The highest BCUT2D eigenvalue weighted by Gasteiger charge is 2.41. The number of nitrogens with zero attached hydrogens (tertiary/aromatic N) is 1. The SMILES string of the molecule is CCCN1C(=O)CC(C(=O)O)C1CC. The van der Waals surface area contributed by atoms with Crippen molar-refractivity contribution >= 4 is 11.9 Å². The first-order chi connectivity index (χ1) is 6.61. The van der Waals surface area contributed by atoms with Gasteiger partial charge < -0.3 is 10.0 Å². The van der Waals surface area contributed by atoms with Crippen LogP contribution in [0, 0.1) is 5.92 Å². The van der Waals surface area contributed by atoms with Crippen LogP contribution in [0.4, 0.5) is 0 Å². The molecule has 0 bridgehead atoms. The first kappa shape index (κ1) is 11.0. The lowest BCUT2D eigenvalue weighted by Crippen LogP contribution is -2.37. The van der Waals surface area contributed by atoms with Crippen molar-refractivity contribution < 1.29 is 14.7 Å². The Bertz CT molecular complexity index is 240. The Morgan fingerprint density at radius 3 is 2.64 bits per heavy atom. The normalized spacial score (nSPS) is 27.0. The molecule has 1 fully saturated rings. The third kappa shape index (κ3) is 1.89. The zero-order valence-corrected chi connectivity index (χ0v) is 8.69. The van der Waals surface area contributed by atoms with Crippen molar-refractivity contribution in [2.75, 3.05) is 6.54 Å². The lowest BCUT2D eigenvalue weighted by atomic mass is 9.98. The van der Waals surface area contributed by atoms with Gasteiger partial charge in [0.15, 0.2) is 0 Å². The number of carbonyl (C=O) groups is 2. The quantitative estimate of drug-likeness (QED) is 0.737. The molecule has 0 radical (unpaired) electrons. The number of carboxylic acid groups (broad SMARTS) is 1. The molecule has 1 heterocycles. The van der Waals surface area contributed by atoms with Gasteiger partial charge in [-0.25, -0.2) is 0 Å². The molecule has 1 N–H and O–H groups in total. The smallest absolute Gasteiger partial charge is 0.309 e. The Kier molecular flexibility index (Phi) is 3.49. The van der Waals surface area contributed by atoms with E-state index in [1.165, 1.54) is 0 Å². The van der Waals surface area contributed by atoms with Gasteiger partial charge in [0.2, 0.25) is 5.91 Å². The van der Waals surface area contributed by atoms with Crippen LogP contribution in [0.5, 0.6) is 0 Å². The Labute approximate surface area is 83.9 Å². The molecule has 1 aliphatic heterocycles. The minimum absolute atomic E-state index is 0.00824. The van der Waals surface area contributed by atoms with Crippen LogP contribution in [0.3, 0.4) is 0 Å². The van der Waals surface area contributed by atoms with Gasteiger partial charge in [-0.3, -0.25) is 9.59 Å². The Morgan fingerprint density at radius 2 is 2.21 bits per heavy atom. The number of carboxylic acids is 1. The number of rotatable bonds is 4. The predicted molar refractivity (Wildman–Crippen MR) is 51.8 cm³/mol. The molecule has 1 rings (SSSR count). The fourth-order valence-electron chi connectivity index (χ4n) is 2.13. The second-order valence-corrected chi connectivity index (χ2v) is 3.71. The van der Waals surface area contributed by atoms with Gasteiger partial charge in [-0.2, -0.15) is 0 Å². The van der Waals surface area contributed by atoms with E-state index in [1.54, 1.807) is 4.90 Å². The topological polar surface area (TPSA) is 57.6 Å². The maximum absolute atomic E-state index is 11.5. The Balaban J connectivity index is 2.77. The van der Waals surface area contributed by atoms with Crippen LogP contribution in [-0.2, 0) is 9.59 Å². The van der Waals surface area contributed by atoms with Crippen LogP contribution < -0.4 is 0 Å². The fraction of sp³-hybridized carbons (Fsp3) is 0.800. The van der Waals surface area contributed by atoms with E-state index in [4.69, 9.17) is 5.11 Å². The molecular formula is C10H17NO3. The average molecular weight is 199 g/mol. The highest BCUT2D eigenvalue weighted by Crippen LogP contribution is 2.28. The van der Waals surface area contributed by atoms with Gasteiger partial charge in [0.1, 0.15) is 0 Å². The van der Waals surface area contributed by atoms with Gasteiger partial charge in [0.05, 0.1) is 5.92 Å². The maximum atomic E-state index is 11.5. The molecule has 0 aromatic carbocycles. The molecule has 0 aliphatic carbocycles. The zero-order chi connectivity index (χ0) is 10.7. The molecule has 4 nitrogen and oxygen atoms in total. The molecule has 0 aromatic heterocycles. The fourth-order valence-corrected chi connectivity index (χ4v) is 2.13. The molecular weight excluding hydrogens is 182 g/mol. The molecule has 0 spiro atoms. The summed E-state index contributed by atoms with van der Waals surface area (Å²) in [4.78, 5) is 24.1. The molecule has 14 heavy (non-hydrogen) atoms. The highest BCUT2D eigenvalue weighted by atomic mass is 16.4. The summed E-state index contributed by atoms with van der Waals surface area (Å²) in [6.45, 7) is 4.61. The van der Waals surface area contributed by atoms with E-state index in [9.17, 15) is 9.59 Å². The third-order valence-corrected chi connectivity index (χ3v) is 2.78. The molecule has 1 aliphatic rings. The van der Waals surface area contributed by atoms with Crippen molar-refractivity contribution in [3.05, 3.63) is 0 Å². The molecule has 4 heteroatoms. The molecule has 0 aromatic rings. The third-order valence-electron chi connectivity index (χ3n) is 2.78. The summed E-state index contributed by atoms with van der Waals surface area (Å²) in [5.41, 5.74) is 0. The molecule has 2 atom stereocenters. The lowest BCUT2D eigenvalue weighted by molar-refractivity contribution is -0.142. The van der Waals surface area contributed by atoms with Crippen LogP contribution in [0.25, 0.3) is 0 Å². The molecule has 2 unspecified atom stereocenters. The van der Waals surface area contributed by atoms with Gasteiger partial charge in [-0.1, -0.05) is 13.8 Å². The van der Waals surface area contributed by atoms with Crippen molar-refractivity contribution in [3.8, 4) is 0 Å². The number of carbonyl (C=O) groups excluding carboxylic acids is 1. The summed E-state index contributed by atoms with van der Waals surface area (Å²) in [5.74, 6) is -1.35. The Hall–Kier alpha value is -1.06. The summed E-state index contributed by atoms with van der Waals surface area (Å²) in [5, 5.41) is 8.94. The van der Waals surface area contributed by atoms with Crippen LogP contribution >= 0.6 is 0 Å². The number of hydrogen-bond donors (Lipinski definition) is 1. The molecule has 1 amide bonds. The van der Waals surface area contributed by atoms with E-state index in [1.807, 2.05) is 13.8 Å². The minimum Gasteiger partial charge on any atom is -0.481 e. The first-order valence-corrected chi connectivity index (χ1v) is 5.14. The van der Waals surface area contributed by atoms with E-state index >= 15 is 0 Å². The first-order valence-electron chi connectivity index (χ1n) is 5.14. The summed E-state index contributed by atoms with van der Waals surface area (Å²) >= 11 is 0. The summed E-state index contributed by atoms with van der Waals surface area (Å²) < 4.78 is 0. The van der Waals surface area contributed by atoms with E-state index in [0.717, 1.165) is 12.8 Å². The van der Waals surface area contributed by atoms with Gasteiger partial charge >= 0.3 is 5.97 Å². The Morgan fingerprint density at radius 1 is 1.57 bits per heavy atom. The second kappa shape index (κ2) is 4.44. The standard InChI is InChI=1S/C10H17NO3/c1-3-5-11-8(4-2)7(10(13)14)6-9(11)12/h7-8H,3-6H2,1-2H3,(H,13,14). The molecule has 0 saturated carbocycles. The van der Waals surface area contributed by atoms with Crippen LogP contribution in [0.2, 0.25) is 0 Å². The van der Waals surface area contributed by atoms with Gasteiger partial charge in [0.25, 0.3) is 0 Å². The van der Waals surface area contributed by atoms with Gasteiger partial charge in [-0.05, 0) is 12.8 Å². The minimum atomic E-state index is -0.844. The van der Waals surface area contributed by atoms with E-state index in [-0.39, 0.29) is 18.4 Å². The number of amides is 1. The summed E-state index contributed by atoms with van der Waals surface area (Å²) in [6.07, 6.45) is 1.78. The van der Waals surface area contributed by atoms with Gasteiger partial charge in [0, 0.05) is 19.0 Å². The summed E-state index contributed by atoms with van der Waals surface area (Å²) in [7, 11) is 0. The van der Waals surface area contributed by atoms with E-state index < -0.39 is 11.9 Å².